The van der Waals surface area contributed by atoms with Gasteiger partial charge in [0, 0.05) is 12.6 Å². The molecular weight excluding hydrogens is 280 g/mol. The highest BCUT2D eigenvalue weighted by Gasteiger charge is 2.25. The van der Waals surface area contributed by atoms with Crippen LogP contribution < -0.4 is 0 Å². The lowest BCUT2D eigenvalue weighted by Crippen LogP contribution is -2.45. The molecule has 1 aliphatic heterocycles. The van der Waals surface area contributed by atoms with Crippen LogP contribution in [0.25, 0.3) is 0 Å². The minimum Gasteiger partial charge on any atom is -0.452 e. The van der Waals surface area contributed by atoms with Crippen molar-refractivity contribution >= 4 is 11.9 Å². The minimum atomic E-state index is -0.539. The Hall–Kier alpha value is -2.35. The smallest absolute Gasteiger partial charge is 0.338 e. The van der Waals surface area contributed by atoms with E-state index < -0.39 is 5.97 Å². The fourth-order valence-corrected chi connectivity index (χ4v) is 2.73. The Morgan fingerprint density at radius 3 is 2.68 bits per heavy atom. The van der Waals surface area contributed by atoms with E-state index in [0.717, 1.165) is 32.2 Å². The first-order valence-corrected chi connectivity index (χ1v) is 7.62. The molecule has 0 radical (unpaired) electrons. The van der Waals surface area contributed by atoms with Crippen molar-refractivity contribution in [3.8, 4) is 6.07 Å². The van der Waals surface area contributed by atoms with Crippen LogP contribution in [0.15, 0.2) is 24.3 Å². The molecule has 1 aromatic rings. The maximum absolute atomic E-state index is 12.2. The van der Waals surface area contributed by atoms with Gasteiger partial charge in [-0.05, 0) is 49.9 Å². The van der Waals surface area contributed by atoms with Crippen LogP contribution >= 0.6 is 0 Å². The van der Waals surface area contributed by atoms with Gasteiger partial charge in [0.1, 0.15) is 0 Å². The highest BCUT2D eigenvalue weighted by Crippen LogP contribution is 2.19. The van der Waals surface area contributed by atoms with Crippen molar-refractivity contribution in [2.45, 2.75) is 38.6 Å². The van der Waals surface area contributed by atoms with Crippen LogP contribution in [0, 0.1) is 11.3 Å². The summed E-state index contributed by atoms with van der Waals surface area (Å²) >= 11 is 0. The molecule has 1 heterocycles. The number of amides is 1. The molecule has 1 amide bonds. The molecule has 22 heavy (non-hydrogen) atoms. The molecule has 116 valence electrons. The lowest BCUT2D eigenvalue weighted by Gasteiger charge is -2.35. The molecule has 0 spiro atoms. The van der Waals surface area contributed by atoms with Crippen LogP contribution in [0.4, 0.5) is 0 Å². The van der Waals surface area contributed by atoms with Gasteiger partial charge in [-0.2, -0.15) is 5.26 Å². The van der Waals surface area contributed by atoms with Gasteiger partial charge >= 0.3 is 5.97 Å². The number of carbonyl (C=O) groups excluding carboxylic acids is 2. The molecular formula is C17H20N2O3. The third-order valence-corrected chi connectivity index (χ3v) is 4.00. The Bertz CT molecular complexity index is 575. The van der Waals surface area contributed by atoms with Crippen molar-refractivity contribution in [1.29, 1.82) is 5.26 Å². The van der Waals surface area contributed by atoms with Crippen molar-refractivity contribution in [2.75, 3.05) is 13.2 Å². The van der Waals surface area contributed by atoms with E-state index in [2.05, 4.69) is 6.92 Å². The predicted molar refractivity (Wildman–Crippen MR) is 81.1 cm³/mol. The quantitative estimate of drug-likeness (QED) is 0.801. The molecule has 1 saturated heterocycles. The maximum atomic E-state index is 12.2. The van der Waals surface area contributed by atoms with Crippen LogP contribution in [0.2, 0.25) is 0 Å². The third-order valence-electron chi connectivity index (χ3n) is 4.00. The van der Waals surface area contributed by atoms with Crippen molar-refractivity contribution in [3.63, 3.8) is 0 Å². The van der Waals surface area contributed by atoms with E-state index in [1.54, 1.807) is 12.1 Å². The van der Waals surface area contributed by atoms with E-state index in [0.29, 0.717) is 11.1 Å². The fourth-order valence-electron chi connectivity index (χ4n) is 2.73. The number of hydrogen-bond donors (Lipinski definition) is 0. The molecule has 1 atom stereocenters. The standard InChI is InChI=1S/C17H20N2O3/c1-2-15-5-3-4-10-19(15)16(20)12-22-17(21)14-8-6-13(11-18)7-9-14/h6-9,15H,2-5,10,12H2,1H3/t15-/m1/s1. The summed E-state index contributed by atoms with van der Waals surface area (Å²) in [6, 6.07) is 8.41. The first-order chi connectivity index (χ1) is 10.7. The maximum Gasteiger partial charge on any atom is 0.338 e. The van der Waals surface area contributed by atoms with Gasteiger partial charge in [0.05, 0.1) is 17.2 Å². The Morgan fingerprint density at radius 2 is 2.05 bits per heavy atom. The zero-order valence-corrected chi connectivity index (χ0v) is 12.7. The van der Waals surface area contributed by atoms with E-state index in [4.69, 9.17) is 10.00 Å². The second-order valence-electron chi connectivity index (χ2n) is 5.41. The van der Waals surface area contributed by atoms with Gasteiger partial charge in [-0.25, -0.2) is 4.79 Å². The lowest BCUT2D eigenvalue weighted by atomic mass is 10.00. The molecule has 0 aromatic heterocycles. The topological polar surface area (TPSA) is 70.4 Å². The average Bonchev–Trinajstić information content (AvgIpc) is 2.59. The van der Waals surface area contributed by atoms with Crippen LogP contribution in [-0.4, -0.2) is 36.0 Å². The SMILES string of the molecule is CC[C@@H]1CCCCN1C(=O)COC(=O)c1ccc(C#N)cc1. The number of rotatable bonds is 4. The Kier molecular flexibility index (Phi) is 5.54. The van der Waals surface area contributed by atoms with Crippen molar-refractivity contribution < 1.29 is 14.3 Å². The van der Waals surface area contributed by atoms with Crippen molar-refractivity contribution in [2.24, 2.45) is 0 Å². The molecule has 1 aromatic carbocycles. The number of carbonyl (C=O) groups is 2. The monoisotopic (exact) mass is 300 g/mol. The second kappa shape index (κ2) is 7.60. The van der Waals surface area contributed by atoms with E-state index in [1.165, 1.54) is 12.1 Å². The second-order valence-corrected chi connectivity index (χ2v) is 5.41. The fraction of sp³-hybridized carbons (Fsp3) is 0.471. The average molecular weight is 300 g/mol. The third kappa shape index (κ3) is 3.85. The normalized spacial score (nSPS) is 17.6. The first kappa shape index (κ1) is 16.0. The number of esters is 1. The molecule has 0 bridgehead atoms. The zero-order chi connectivity index (χ0) is 15.9. The summed E-state index contributed by atoms with van der Waals surface area (Å²) in [4.78, 5) is 25.9. The summed E-state index contributed by atoms with van der Waals surface area (Å²) in [6.07, 6.45) is 4.10. The molecule has 0 N–H and O–H groups in total. The van der Waals surface area contributed by atoms with E-state index in [1.807, 2.05) is 11.0 Å². The molecule has 1 fully saturated rings. The number of hydrogen-bond acceptors (Lipinski definition) is 4. The summed E-state index contributed by atoms with van der Waals surface area (Å²) in [5.41, 5.74) is 0.823. The number of piperidine rings is 1. The minimum absolute atomic E-state index is 0.131. The molecule has 0 saturated carbocycles. The largest absolute Gasteiger partial charge is 0.452 e. The van der Waals surface area contributed by atoms with Crippen molar-refractivity contribution in [3.05, 3.63) is 35.4 Å². The molecule has 5 heteroatoms. The summed E-state index contributed by atoms with van der Waals surface area (Å²) in [6.45, 7) is 2.58. The molecule has 0 aliphatic carbocycles. The Balaban J connectivity index is 1.89. The molecule has 5 nitrogen and oxygen atoms in total. The van der Waals surface area contributed by atoms with E-state index in [-0.39, 0.29) is 18.6 Å². The van der Waals surface area contributed by atoms with Gasteiger partial charge < -0.3 is 9.64 Å². The molecule has 1 aliphatic rings. The van der Waals surface area contributed by atoms with Gasteiger partial charge in [0.25, 0.3) is 5.91 Å². The highest BCUT2D eigenvalue weighted by molar-refractivity contribution is 5.91. The van der Waals surface area contributed by atoms with Gasteiger partial charge in [-0.1, -0.05) is 6.92 Å². The predicted octanol–water partition coefficient (Wildman–Crippen LogP) is 2.51. The summed E-state index contributed by atoms with van der Waals surface area (Å²) in [5.74, 6) is -0.670. The first-order valence-electron chi connectivity index (χ1n) is 7.62. The van der Waals surface area contributed by atoms with Crippen LogP contribution in [0.1, 0.15) is 48.5 Å². The highest BCUT2D eigenvalue weighted by atomic mass is 16.5. The van der Waals surface area contributed by atoms with E-state index >= 15 is 0 Å². The summed E-state index contributed by atoms with van der Waals surface area (Å²) in [5, 5.41) is 8.72. The Morgan fingerprint density at radius 1 is 1.32 bits per heavy atom. The molecule has 0 unspecified atom stereocenters. The van der Waals surface area contributed by atoms with Crippen LogP contribution in [0.5, 0.6) is 0 Å². The summed E-state index contributed by atoms with van der Waals surface area (Å²) in [7, 11) is 0. The number of nitriles is 1. The lowest BCUT2D eigenvalue weighted by molar-refractivity contribution is -0.138. The zero-order valence-electron chi connectivity index (χ0n) is 12.7. The van der Waals surface area contributed by atoms with E-state index in [9.17, 15) is 9.59 Å². The van der Waals surface area contributed by atoms with Gasteiger partial charge in [-0.15, -0.1) is 0 Å². The number of nitrogens with zero attached hydrogens (tertiary/aromatic N) is 2. The van der Waals surface area contributed by atoms with Crippen LogP contribution in [-0.2, 0) is 9.53 Å². The van der Waals surface area contributed by atoms with Crippen molar-refractivity contribution in [1.82, 2.24) is 4.90 Å². The summed E-state index contributed by atoms with van der Waals surface area (Å²) < 4.78 is 5.10. The number of likely N-dealkylation sites (tertiary alicyclic amines) is 1. The van der Waals surface area contributed by atoms with Gasteiger partial charge in [0.2, 0.25) is 0 Å². The van der Waals surface area contributed by atoms with Gasteiger partial charge in [-0.3, -0.25) is 4.79 Å². The number of ether oxygens (including phenoxy) is 1. The number of benzene rings is 1. The van der Waals surface area contributed by atoms with Gasteiger partial charge in [0.15, 0.2) is 6.61 Å². The molecule has 2 rings (SSSR count). The van der Waals surface area contributed by atoms with Crippen LogP contribution in [0.3, 0.4) is 0 Å². The Labute approximate surface area is 130 Å².